The van der Waals surface area contributed by atoms with E-state index in [2.05, 4.69) is 4.72 Å². The van der Waals surface area contributed by atoms with Gasteiger partial charge in [0.1, 0.15) is 5.60 Å². The maximum atomic E-state index is 12.0. The van der Waals surface area contributed by atoms with Crippen molar-refractivity contribution in [2.24, 2.45) is 0 Å². The van der Waals surface area contributed by atoms with E-state index < -0.39 is 15.6 Å². The third-order valence-corrected chi connectivity index (χ3v) is 5.00. The lowest BCUT2D eigenvalue weighted by Gasteiger charge is -2.22. The van der Waals surface area contributed by atoms with Crippen LogP contribution in [0.25, 0.3) is 6.08 Å². The predicted molar refractivity (Wildman–Crippen MR) is 91.0 cm³/mol. The molecule has 1 aromatic carbocycles. The van der Waals surface area contributed by atoms with Crippen molar-refractivity contribution in [2.75, 3.05) is 6.54 Å². The molecular weight excluding hydrogens is 318 g/mol. The van der Waals surface area contributed by atoms with E-state index in [9.17, 15) is 13.5 Å². The third-order valence-electron chi connectivity index (χ3n) is 3.28. The molecule has 0 fully saturated rings. The van der Waals surface area contributed by atoms with Crippen LogP contribution in [0.1, 0.15) is 23.6 Å². The van der Waals surface area contributed by atoms with Crippen LogP contribution in [-0.2, 0) is 15.6 Å². The number of hydrogen-bond donors (Lipinski definition) is 2. The topological polar surface area (TPSA) is 66.4 Å². The largest absolute Gasteiger partial charge is 0.384 e. The van der Waals surface area contributed by atoms with Gasteiger partial charge in [0.05, 0.1) is 0 Å². The van der Waals surface area contributed by atoms with Crippen LogP contribution in [0.2, 0.25) is 0 Å². The summed E-state index contributed by atoms with van der Waals surface area (Å²) in [6.45, 7) is 3.48. The third kappa shape index (κ3) is 4.78. The van der Waals surface area contributed by atoms with Crippen molar-refractivity contribution in [3.8, 4) is 0 Å². The van der Waals surface area contributed by atoms with Crippen LogP contribution >= 0.6 is 11.3 Å². The molecule has 1 unspecified atom stereocenters. The first-order chi connectivity index (χ1) is 10.3. The maximum Gasteiger partial charge on any atom is 0.233 e. The van der Waals surface area contributed by atoms with E-state index in [-0.39, 0.29) is 6.54 Å². The lowest BCUT2D eigenvalue weighted by molar-refractivity contribution is 0.0633. The molecule has 0 aliphatic heterocycles. The number of sulfonamides is 1. The van der Waals surface area contributed by atoms with Crippen LogP contribution in [-0.4, -0.2) is 20.1 Å². The first kappa shape index (κ1) is 16.9. The zero-order valence-electron chi connectivity index (χ0n) is 12.5. The highest BCUT2D eigenvalue weighted by molar-refractivity contribution is 7.92. The SMILES string of the molecule is Cc1ccc(/C=C/S(=O)(=O)NCC(C)(O)c2ccsc2)cc1. The fourth-order valence-corrected chi connectivity index (χ4v) is 3.51. The Morgan fingerprint density at radius 3 is 2.55 bits per heavy atom. The van der Waals surface area contributed by atoms with Gasteiger partial charge in [0.2, 0.25) is 10.0 Å². The number of hydrogen-bond acceptors (Lipinski definition) is 4. The Morgan fingerprint density at radius 1 is 1.27 bits per heavy atom. The summed E-state index contributed by atoms with van der Waals surface area (Å²) in [6.07, 6.45) is 1.53. The molecule has 0 aliphatic carbocycles. The zero-order chi connectivity index (χ0) is 16.2. The Labute approximate surface area is 135 Å². The smallest absolute Gasteiger partial charge is 0.233 e. The molecule has 0 spiro atoms. The predicted octanol–water partition coefficient (Wildman–Crippen LogP) is 2.85. The van der Waals surface area contributed by atoms with E-state index in [0.29, 0.717) is 5.56 Å². The quantitative estimate of drug-likeness (QED) is 0.852. The molecular formula is C16H19NO3S2. The van der Waals surface area contributed by atoms with Gasteiger partial charge in [0, 0.05) is 12.0 Å². The highest BCUT2D eigenvalue weighted by atomic mass is 32.2. The molecule has 22 heavy (non-hydrogen) atoms. The molecule has 2 rings (SSSR count). The van der Waals surface area contributed by atoms with Crippen LogP contribution in [0.15, 0.2) is 46.5 Å². The zero-order valence-corrected chi connectivity index (χ0v) is 14.1. The number of aryl methyl sites for hydroxylation is 1. The molecule has 0 amide bonds. The van der Waals surface area contributed by atoms with Gasteiger partial charge in [0.15, 0.2) is 0 Å². The van der Waals surface area contributed by atoms with E-state index in [0.717, 1.165) is 16.5 Å². The minimum atomic E-state index is -3.60. The first-order valence-corrected chi connectivity index (χ1v) is 9.27. The van der Waals surface area contributed by atoms with Crippen molar-refractivity contribution in [3.05, 3.63) is 63.2 Å². The maximum absolute atomic E-state index is 12.0. The fourth-order valence-electron chi connectivity index (χ4n) is 1.81. The lowest BCUT2D eigenvalue weighted by atomic mass is 10.0. The molecule has 0 saturated heterocycles. The van der Waals surface area contributed by atoms with Crippen LogP contribution < -0.4 is 4.72 Å². The van der Waals surface area contributed by atoms with E-state index in [1.165, 1.54) is 17.4 Å². The molecule has 118 valence electrons. The molecule has 2 N–H and O–H groups in total. The van der Waals surface area contributed by atoms with Gasteiger partial charge in [-0.3, -0.25) is 0 Å². The Balaban J connectivity index is 2.01. The molecule has 1 aromatic heterocycles. The van der Waals surface area contributed by atoms with Crippen molar-refractivity contribution < 1.29 is 13.5 Å². The van der Waals surface area contributed by atoms with Crippen LogP contribution in [0.5, 0.6) is 0 Å². The second-order valence-corrected chi connectivity index (χ2v) is 7.80. The minimum absolute atomic E-state index is 0.0791. The average Bonchev–Trinajstić information content (AvgIpc) is 3.00. The summed E-state index contributed by atoms with van der Waals surface area (Å²) < 4.78 is 26.4. The molecule has 2 aromatic rings. The van der Waals surface area contributed by atoms with Gasteiger partial charge in [0.25, 0.3) is 0 Å². The van der Waals surface area contributed by atoms with E-state index in [1.54, 1.807) is 18.4 Å². The standard InChI is InChI=1S/C16H19NO3S2/c1-13-3-5-14(6-4-13)8-10-22(19,20)17-12-16(2,18)15-7-9-21-11-15/h3-11,17-18H,12H2,1-2H3/b10-8+. The molecule has 6 heteroatoms. The van der Waals surface area contributed by atoms with Gasteiger partial charge in [-0.15, -0.1) is 0 Å². The number of thiophene rings is 1. The van der Waals surface area contributed by atoms with Crippen molar-refractivity contribution in [1.82, 2.24) is 4.72 Å². The van der Waals surface area contributed by atoms with Gasteiger partial charge in [-0.25, -0.2) is 13.1 Å². The van der Waals surface area contributed by atoms with E-state index >= 15 is 0 Å². The minimum Gasteiger partial charge on any atom is -0.384 e. The van der Waals surface area contributed by atoms with Gasteiger partial charge in [-0.05, 0) is 47.9 Å². The lowest BCUT2D eigenvalue weighted by Crippen LogP contribution is -2.37. The highest BCUT2D eigenvalue weighted by Crippen LogP contribution is 2.22. The first-order valence-electron chi connectivity index (χ1n) is 6.78. The molecule has 4 nitrogen and oxygen atoms in total. The van der Waals surface area contributed by atoms with Gasteiger partial charge in [-0.1, -0.05) is 29.8 Å². The summed E-state index contributed by atoms with van der Waals surface area (Å²) in [4.78, 5) is 0. The molecule has 0 aliphatic rings. The van der Waals surface area contributed by atoms with E-state index in [1.807, 2.05) is 36.6 Å². The summed E-state index contributed by atoms with van der Waals surface area (Å²) >= 11 is 1.46. The Bertz CT molecular complexity index is 730. The summed E-state index contributed by atoms with van der Waals surface area (Å²) in [5.41, 5.74) is 1.39. The van der Waals surface area contributed by atoms with Crippen LogP contribution in [0.4, 0.5) is 0 Å². The number of aliphatic hydroxyl groups is 1. The fraction of sp³-hybridized carbons (Fsp3) is 0.250. The monoisotopic (exact) mass is 337 g/mol. The molecule has 0 saturated carbocycles. The molecule has 0 radical (unpaired) electrons. The molecule has 1 atom stereocenters. The van der Waals surface area contributed by atoms with Crippen LogP contribution in [0.3, 0.4) is 0 Å². The van der Waals surface area contributed by atoms with Crippen molar-refractivity contribution in [3.63, 3.8) is 0 Å². The Hall–Kier alpha value is -1.47. The number of rotatable bonds is 6. The summed E-state index contributed by atoms with van der Waals surface area (Å²) in [6, 6.07) is 9.31. The number of nitrogens with one attached hydrogen (secondary N) is 1. The second-order valence-electron chi connectivity index (χ2n) is 5.37. The Kier molecular flexibility index (Phi) is 5.18. The summed E-state index contributed by atoms with van der Waals surface area (Å²) in [5.74, 6) is 0. The molecule has 0 bridgehead atoms. The van der Waals surface area contributed by atoms with Crippen molar-refractivity contribution >= 4 is 27.4 Å². The highest BCUT2D eigenvalue weighted by Gasteiger charge is 2.25. The van der Waals surface area contributed by atoms with Crippen molar-refractivity contribution in [2.45, 2.75) is 19.4 Å². The molecule has 1 heterocycles. The summed E-state index contributed by atoms with van der Waals surface area (Å²) in [5, 5.41) is 15.1. The van der Waals surface area contributed by atoms with Gasteiger partial charge in [-0.2, -0.15) is 11.3 Å². The normalized spacial score (nSPS) is 15.0. The Morgan fingerprint density at radius 2 is 1.95 bits per heavy atom. The van der Waals surface area contributed by atoms with Crippen LogP contribution in [0, 0.1) is 6.92 Å². The average molecular weight is 337 g/mol. The van der Waals surface area contributed by atoms with Crippen molar-refractivity contribution in [1.29, 1.82) is 0 Å². The summed E-state index contributed by atoms with van der Waals surface area (Å²) in [7, 11) is -3.60. The second kappa shape index (κ2) is 6.75. The van der Waals surface area contributed by atoms with Gasteiger partial charge >= 0.3 is 0 Å². The van der Waals surface area contributed by atoms with E-state index in [4.69, 9.17) is 0 Å². The number of benzene rings is 1. The van der Waals surface area contributed by atoms with Gasteiger partial charge < -0.3 is 5.11 Å².